The molecule has 1 atom stereocenters. The number of hydrogen-bond acceptors (Lipinski definition) is 0. The van der Waals surface area contributed by atoms with Crippen LogP contribution in [-0.2, 0) is 10.8 Å². The van der Waals surface area contributed by atoms with Crippen LogP contribution in [0, 0.1) is 0 Å². The number of fused-ring (bicyclic) bond motifs is 1. The Bertz CT molecular complexity index is 818. The van der Waals surface area contributed by atoms with Crippen LogP contribution in [0.4, 0.5) is 0 Å². The van der Waals surface area contributed by atoms with Gasteiger partial charge in [-0.1, -0.05) is 96.5 Å². The summed E-state index contributed by atoms with van der Waals surface area (Å²) < 4.78 is 0. The molecule has 0 bridgehead atoms. The van der Waals surface area contributed by atoms with Gasteiger partial charge < -0.3 is 0 Å². The Morgan fingerprint density at radius 2 is 1.42 bits per heavy atom. The summed E-state index contributed by atoms with van der Waals surface area (Å²) in [5.41, 5.74) is 10.4. The van der Waals surface area contributed by atoms with Crippen LogP contribution in [0.15, 0.2) is 42.0 Å². The van der Waals surface area contributed by atoms with E-state index in [0.29, 0.717) is 5.92 Å². The molecule has 0 saturated heterocycles. The van der Waals surface area contributed by atoms with Crippen molar-refractivity contribution in [3.63, 3.8) is 0 Å². The number of hydrogen-bond donors (Lipinski definition) is 0. The van der Waals surface area contributed by atoms with Crippen LogP contribution in [0.25, 0.3) is 17.2 Å². The first kappa shape index (κ1) is 19.0. The van der Waals surface area contributed by atoms with Crippen molar-refractivity contribution in [2.24, 2.45) is 0 Å². The largest absolute Gasteiger partial charge is 0.0652 e. The summed E-state index contributed by atoms with van der Waals surface area (Å²) in [6.45, 7) is 18.5. The summed E-state index contributed by atoms with van der Waals surface area (Å²) in [4.78, 5) is 0. The van der Waals surface area contributed by atoms with Gasteiger partial charge in [0.25, 0.3) is 0 Å². The highest BCUT2D eigenvalue weighted by Gasteiger charge is 2.26. The molecule has 138 valence electrons. The minimum atomic E-state index is 0.145. The van der Waals surface area contributed by atoms with Gasteiger partial charge >= 0.3 is 0 Å². The normalized spacial score (nSPS) is 17.2. The zero-order chi connectivity index (χ0) is 19.3. The topological polar surface area (TPSA) is 0 Å². The predicted molar refractivity (Wildman–Crippen MR) is 116 cm³/mol. The summed E-state index contributed by atoms with van der Waals surface area (Å²) in [7, 11) is 0. The Balaban J connectivity index is 2.25. The van der Waals surface area contributed by atoms with Gasteiger partial charge in [0.05, 0.1) is 0 Å². The van der Waals surface area contributed by atoms with E-state index in [2.05, 4.69) is 97.9 Å². The SMILES string of the molecule is CCC1C(C)=Cc2cccc(-c3cc(C(C)(C)C)cc(C(C)(C)C)c3)c21. The van der Waals surface area contributed by atoms with Crippen LogP contribution in [0.5, 0.6) is 0 Å². The Labute approximate surface area is 160 Å². The standard InChI is InChI=1S/C26H34/c1-9-22-17(2)13-18-11-10-12-23(24(18)22)19-14-20(25(3,4)5)16-21(15-19)26(6,7)8/h10-16,22H,9H2,1-8H3. The van der Waals surface area contributed by atoms with E-state index < -0.39 is 0 Å². The van der Waals surface area contributed by atoms with Gasteiger partial charge in [0, 0.05) is 5.92 Å². The minimum absolute atomic E-state index is 0.145. The Morgan fingerprint density at radius 1 is 0.846 bits per heavy atom. The maximum atomic E-state index is 2.42. The highest BCUT2D eigenvalue weighted by atomic mass is 14.3. The highest BCUT2D eigenvalue weighted by Crippen LogP contribution is 2.44. The van der Waals surface area contributed by atoms with Crippen molar-refractivity contribution in [2.75, 3.05) is 0 Å². The van der Waals surface area contributed by atoms with Crippen LogP contribution in [-0.4, -0.2) is 0 Å². The van der Waals surface area contributed by atoms with Crippen molar-refractivity contribution in [1.82, 2.24) is 0 Å². The molecular weight excluding hydrogens is 312 g/mol. The lowest BCUT2D eigenvalue weighted by Crippen LogP contribution is -2.16. The molecule has 0 aliphatic heterocycles. The fraction of sp³-hybridized carbons (Fsp3) is 0.462. The molecule has 0 spiro atoms. The minimum Gasteiger partial charge on any atom is -0.0652 e. The third-order valence-corrected chi connectivity index (χ3v) is 5.81. The first-order chi connectivity index (χ1) is 12.0. The zero-order valence-corrected chi connectivity index (χ0v) is 17.8. The van der Waals surface area contributed by atoms with Crippen LogP contribution >= 0.6 is 0 Å². The molecule has 0 N–H and O–H groups in total. The van der Waals surface area contributed by atoms with Gasteiger partial charge in [-0.3, -0.25) is 0 Å². The molecule has 0 heteroatoms. The summed E-state index contributed by atoms with van der Waals surface area (Å²) in [5.74, 6) is 0.553. The molecule has 0 nitrogen and oxygen atoms in total. The highest BCUT2D eigenvalue weighted by molar-refractivity contribution is 5.79. The van der Waals surface area contributed by atoms with Gasteiger partial charge in [-0.05, 0) is 57.6 Å². The van der Waals surface area contributed by atoms with Crippen molar-refractivity contribution >= 4 is 6.08 Å². The van der Waals surface area contributed by atoms with Gasteiger partial charge in [-0.25, -0.2) is 0 Å². The smallest absolute Gasteiger partial charge is 0.00582 e. The summed E-state index contributed by atoms with van der Waals surface area (Å²) >= 11 is 0. The third-order valence-electron chi connectivity index (χ3n) is 5.81. The van der Waals surface area contributed by atoms with Crippen molar-refractivity contribution in [2.45, 2.75) is 78.6 Å². The Kier molecular flexibility index (Phi) is 4.67. The molecule has 1 aliphatic carbocycles. The monoisotopic (exact) mass is 346 g/mol. The Hall–Kier alpha value is -1.82. The van der Waals surface area contributed by atoms with Crippen molar-refractivity contribution in [1.29, 1.82) is 0 Å². The average molecular weight is 347 g/mol. The van der Waals surface area contributed by atoms with Crippen LogP contribution in [0.2, 0.25) is 0 Å². The second-order valence-corrected chi connectivity index (χ2v) is 9.96. The number of rotatable bonds is 2. The molecule has 2 aromatic rings. The lowest BCUT2D eigenvalue weighted by molar-refractivity contribution is 0.569. The van der Waals surface area contributed by atoms with E-state index in [9.17, 15) is 0 Å². The van der Waals surface area contributed by atoms with Gasteiger partial charge in [0.1, 0.15) is 0 Å². The van der Waals surface area contributed by atoms with Crippen LogP contribution in [0.3, 0.4) is 0 Å². The summed E-state index contributed by atoms with van der Waals surface area (Å²) in [6, 6.07) is 14.1. The van der Waals surface area contributed by atoms with Crippen LogP contribution in [0.1, 0.15) is 90.0 Å². The van der Waals surface area contributed by atoms with E-state index >= 15 is 0 Å². The van der Waals surface area contributed by atoms with E-state index in [1.54, 1.807) is 0 Å². The lowest BCUT2D eigenvalue weighted by atomic mass is 9.78. The van der Waals surface area contributed by atoms with E-state index in [4.69, 9.17) is 0 Å². The number of benzene rings is 2. The quantitative estimate of drug-likeness (QED) is 0.519. The van der Waals surface area contributed by atoms with Crippen molar-refractivity contribution in [3.05, 3.63) is 64.2 Å². The van der Waals surface area contributed by atoms with E-state index in [0.717, 1.165) is 6.42 Å². The molecule has 2 aromatic carbocycles. The number of allylic oxidation sites excluding steroid dienone is 1. The molecule has 0 radical (unpaired) electrons. The molecular formula is C26H34. The third kappa shape index (κ3) is 3.39. The van der Waals surface area contributed by atoms with Gasteiger partial charge in [-0.15, -0.1) is 0 Å². The Morgan fingerprint density at radius 3 is 1.92 bits per heavy atom. The predicted octanol–water partition coefficient (Wildman–Crippen LogP) is 7.86. The van der Waals surface area contributed by atoms with E-state index in [-0.39, 0.29) is 10.8 Å². The average Bonchev–Trinajstić information content (AvgIpc) is 2.87. The summed E-state index contributed by atoms with van der Waals surface area (Å²) in [5, 5.41) is 0. The molecule has 0 amide bonds. The lowest BCUT2D eigenvalue weighted by Gasteiger charge is -2.27. The molecule has 0 aromatic heterocycles. The maximum Gasteiger partial charge on any atom is 0.00582 e. The molecule has 1 unspecified atom stereocenters. The molecule has 0 fully saturated rings. The second-order valence-electron chi connectivity index (χ2n) is 9.96. The molecule has 0 saturated carbocycles. The van der Waals surface area contributed by atoms with E-state index in [1.807, 2.05) is 0 Å². The van der Waals surface area contributed by atoms with Gasteiger partial charge in [0.15, 0.2) is 0 Å². The first-order valence-corrected chi connectivity index (χ1v) is 10.00. The second kappa shape index (κ2) is 6.41. The van der Waals surface area contributed by atoms with E-state index in [1.165, 1.54) is 39.0 Å². The molecule has 26 heavy (non-hydrogen) atoms. The molecule has 3 rings (SSSR count). The van der Waals surface area contributed by atoms with Crippen molar-refractivity contribution in [3.8, 4) is 11.1 Å². The fourth-order valence-electron chi connectivity index (χ4n) is 4.10. The van der Waals surface area contributed by atoms with Crippen LogP contribution < -0.4 is 0 Å². The molecule has 1 aliphatic rings. The maximum absolute atomic E-state index is 2.42. The van der Waals surface area contributed by atoms with Gasteiger partial charge in [0.2, 0.25) is 0 Å². The zero-order valence-electron chi connectivity index (χ0n) is 17.8. The fourth-order valence-corrected chi connectivity index (χ4v) is 4.10. The first-order valence-electron chi connectivity index (χ1n) is 10.00. The summed E-state index contributed by atoms with van der Waals surface area (Å²) in [6.07, 6.45) is 3.54. The van der Waals surface area contributed by atoms with Gasteiger partial charge in [-0.2, -0.15) is 0 Å². The van der Waals surface area contributed by atoms with Crippen molar-refractivity contribution < 1.29 is 0 Å². The molecule has 0 heterocycles.